The zero-order valence-corrected chi connectivity index (χ0v) is 30.8. The monoisotopic (exact) mass is 638 g/mol. The molecule has 3 heterocycles. The highest BCUT2D eigenvalue weighted by molar-refractivity contribution is 8.17. The molecule has 0 bridgehead atoms. The van der Waals surface area contributed by atoms with E-state index in [1.807, 2.05) is 23.5 Å². The van der Waals surface area contributed by atoms with Crippen molar-refractivity contribution in [2.24, 2.45) is 10.8 Å². The van der Waals surface area contributed by atoms with Crippen molar-refractivity contribution < 1.29 is 0 Å². The van der Waals surface area contributed by atoms with Gasteiger partial charge in [0.05, 0.1) is 0 Å². The van der Waals surface area contributed by atoms with Crippen molar-refractivity contribution in [3.63, 3.8) is 0 Å². The minimum absolute atomic E-state index is 0.0648. The van der Waals surface area contributed by atoms with Gasteiger partial charge < -0.3 is 0 Å². The third kappa shape index (κ3) is 6.51. The quantitative estimate of drug-likeness (QED) is 0.192. The lowest BCUT2D eigenvalue weighted by Crippen LogP contribution is -2.47. The third-order valence-electron chi connectivity index (χ3n) is 7.36. The fourth-order valence-corrected chi connectivity index (χ4v) is 16.1. The van der Waals surface area contributed by atoms with Gasteiger partial charge in [-0.1, -0.05) is 69.2 Å². The van der Waals surface area contributed by atoms with Crippen LogP contribution in [0.1, 0.15) is 79.0 Å². The van der Waals surface area contributed by atoms with E-state index in [9.17, 15) is 0 Å². The molecule has 1 aromatic heterocycles. The van der Waals surface area contributed by atoms with Crippen LogP contribution in [0.4, 0.5) is 0 Å². The van der Waals surface area contributed by atoms with Crippen LogP contribution in [-0.2, 0) is 10.8 Å². The molecule has 2 atom stereocenters. The van der Waals surface area contributed by atoms with E-state index in [1.54, 1.807) is 29.4 Å². The molecule has 0 amide bonds. The summed E-state index contributed by atoms with van der Waals surface area (Å²) in [7, 11) is 0. The van der Waals surface area contributed by atoms with Gasteiger partial charge in [0.15, 0.2) is 0 Å². The summed E-state index contributed by atoms with van der Waals surface area (Å²) in [5.74, 6) is 2.54. The molecule has 0 aromatic carbocycles. The lowest BCUT2D eigenvalue weighted by molar-refractivity contribution is 0.194. The fraction of sp³-hybridized carbons (Fsp3) is 0.786. The van der Waals surface area contributed by atoms with Crippen LogP contribution < -0.4 is 0 Å². The first kappa shape index (κ1) is 32.4. The highest BCUT2D eigenvalue weighted by Crippen LogP contribution is 2.65. The van der Waals surface area contributed by atoms with E-state index < -0.39 is 0 Å². The largest absolute Gasteiger partial charge is 0.154 e. The van der Waals surface area contributed by atoms with Crippen LogP contribution in [0.15, 0.2) is 19.6 Å². The van der Waals surface area contributed by atoms with Gasteiger partial charge in [-0.2, -0.15) is 35.3 Å². The van der Waals surface area contributed by atoms with Crippen LogP contribution in [0, 0.1) is 10.8 Å². The Bertz CT molecular complexity index is 942. The van der Waals surface area contributed by atoms with Crippen molar-refractivity contribution in [1.82, 2.24) is 0 Å². The maximum absolute atomic E-state index is 2.59. The second-order valence-corrected chi connectivity index (χ2v) is 21.7. The van der Waals surface area contributed by atoms with Crippen molar-refractivity contribution in [1.29, 1.82) is 0 Å². The summed E-state index contributed by atoms with van der Waals surface area (Å²) in [6, 6.07) is 0. The number of allylic oxidation sites excluding steroid dienone is 1. The maximum atomic E-state index is 2.59. The molecule has 8 heteroatoms. The van der Waals surface area contributed by atoms with E-state index in [0.29, 0.717) is 10.5 Å². The highest BCUT2D eigenvalue weighted by Gasteiger charge is 2.54. The molecular formula is C28H46S8. The first-order valence-corrected chi connectivity index (χ1v) is 21.1. The predicted octanol–water partition coefficient (Wildman–Crippen LogP) is 11.4. The molecular weight excluding hydrogens is 593 g/mol. The highest BCUT2D eigenvalue weighted by atomic mass is 32.2. The van der Waals surface area contributed by atoms with E-state index in [1.165, 1.54) is 11.5 Å². The molecule has 0 saturated carbocycles. The Balaban J connectivity index is 2.12. The van der Waals surface area contributed by atoms with Crippen LogP contribution >= 0.6 is 93.7 Å². The Morgan fingerprint density at radius 3 is 1.81 bits per heavy atom. The topological polar surface area (TPSA) is 0 Å². The van der Waals surface area contributed by atoms with Crippen molar-refractivity contribution in [2.45, 2.75) is 100 Å². The summed E-state index contributed by atoms with van der Waals surface area (Å²) in [5, 5.41) is 3.46. The molecule has 0 aliphatic carbocycles. The van der Waals surface area contributed by atoms with Crippen molar-refractivity contribution in [2.75, 3.05) is 34.2 Å². The molecule has 3 rings (SSSR count). The molecule has 1 saturated heterocycles. The predicted molar refractivity (Wildman–Crippen MR) is 185 cm³/mol. The minimum Gasteiger partial charge on any atom is -0.154 e. The Morgan fingerprint density at radius 1 is 0.750 bits per heavy atom. The summed E-state index contributed by atoms with van der Waals surface area (Å²) < 4.78 is 0. The fourth-order valence-electron chi connectivity index (χ4n) is 4.68. The standard InChI is InChI=1S/C28H46S8/c1-25(2,3)21-17-19(32-14-13-31-17)23(35-21)27(7,8)28(9,10)24-20(34-16-30-12)18(33-15-29-11)22(36-24)26(4,5)6/h19,23H,13-16H2,1-12H3. The van der Waals surface area contributed by atoms with Gasteiger partial charge in [-0.3, -0.25) is 0 Å². The lowest BCUT2D eigenvalue weighted by Gasteiger charge is -2.48. The number of hydrogen-bond acceptors (Lipinski definition) is 8. The Morgan fingerprint density at radius 2 is 1.31 bits per heavy atom. The second kappa shape index (κ2) is 12.4. The van der Waals surface area contributed by atoms with Gasteiger partial charge in [0.25, 0.3) is 0 Å². The molecule has 1 fully saturated rings. The van der Waals surface area contributed by atoms with Crippen LogP contribution in [0.5, 0.6) is 0 Å². The molecule has 2 aliphatic heterocycles. The van der Waals surface area contributed by atoms with Gasteiger partial charge in [0, 0.05) is 66.9 Å². The Labute approximate surface area is 256 Å². The lowest BCUT2D eigenvalue weighted by atomic mass is 9.64. The van der Waals surface area contributed by atoms with Crippen molar-refractivity contribution in [3.05, 3.63) is 19.6 Å². The summed E-state index contributed by atoms with van der Waals surface area (Å²) in [4.78, 5) is 9.71. The van der Waals surface area contributed by atoms with Gasteiger partial charge in [-0.15, -0.1) is 58.4 Å². The number of thioether (sulfide) groups is 7. The number of fused-ring (bicyclic) bond motifs is 1. The summed E-state index contributed by atoms with van der Waals surface area (Å²) in [6.45, 7) is 24.8. The number of rotatable bonds is 9. The molecule has 206 valence electrons. The van der Waals surface area contributed by atoms with Gasteiger partial charge >= 0.3 is 0 Å². The smallest absolute Gasteiger partial charge is 0.0492 e. The van der Waals surface area contributed by atoms with E-state index >= 15 is 0 Å². The molecule has 1 aromatic rings. The number of hydrogen-bond donors (Lipinski definition) is 0. The maximum Gasteiger partial charge on any atom is 0.0492 e. The average molecular weight is 639 g/mol. The molecule has 2 unspecified atom stereocenters. The third-order valence-corrected chi connectivity index (χ3v) is 19.3. The first-order valence-electron chi connectivity index (χ1n) is 12.7. The molecule has 2 aliphatic rings. The van der Waals surface area contributed by atoms with E-state index in [0.717, 1.165) is 10.2 Å². The van der Waals surface area contributed by atoms with Gasteiger partial charge in [-0.25, -0.2) is 0 Å². The van der Waals surface area contributed by atoms with Crippen molar-refractivity contribution in [3.8, 4) is 0 Å². The summed E-state index contributed by atoms with van der Waals surface area (Å²) in [5.41, 5.74) is 0.586. The molecule has 0 nitrogen and oxygen atoms in total. The normalized spacial score (nSPS) is 21.9. The van der Waals surface area contributed by atoms with Crippen LogP contribution in [0.3, 0.4) is 0 Å². The minimum atomic E-state index is 0.0648. The van der Waals surface area contributed by atoms with Crippen LogP contribution in [0.2, 0.25) is 0 Å². The summed E-state index contributed by atoms with van der Waals surface area (Å²) in [6.07, 6.45) is 4.47. The molecule has 0 spiro atoms. The molecule has 0 N–H and O–H groups in total. The van der Waals surface area contributed by atoms with Gasteiger partial charge in [0.2, 0.25) is 0 Å². The first-order chi connectivity index (χ1) is 16.6. The van der Waals surface area contributed by atoms with Crippen LogP contribution in [-0.4, -0.2) is 44.7 Å². The zero-order chi connectivity index (χ0) is 27.1. The second-order valence-electron chi connectivity index (χ2n) is 12.7. The molecule has 36 heavy (non-hydrogen) atoms. The van der Waals surface area contributed by atoms with E-state index in [4.69, 9.17) is 0 Å². The van der Waals surface area contributed by atoms with Gasteiger partial charge in [0.1, 0.15) is 0 Å². The Hall–Kier alpha value is 1.89. The average Bonchev–Trinajstić information content (AvgIpc) is 3.35. The molecule has 0 radical (unpaired) electrons. The number of thiophene rings is 1. The van der Waals surface area contributed by atoms with Crippen LogP contribution in [0.25, 0.3) is 0 Å². The summed E-state index contributed by atoms with van der Waals surface area (Å²) >= 11 is 16.8. The SMILES string of the molecule is CSCSc1c(C(C)(C)C)sc(C(C)(C)C(C)(C)C2SC(C(C)(C)C)=C3SCCSC32)c1SCSC. The Kier molecular flexibility index (Phi) is 11.2. The van der Waals surface area contributed by atoms with E-state index in [2.05, 4.69) is 152 Å². The van der Waals surface area contributed by atoms with Gasteiger partial charge in [-0.05, 0) is 28.8 Å². The zero-order valence-electron chi connectivity index (χ0n) is 24.2. The van der Waals surface area contributed by atoms with Crippen molar-refractivity contribution >= 4 is 93.7 Å². The van der Waals surface area contributed by atoms with E-state index in [-0.39, 0.29) is 21.7 Å².